The molecule has 1 N–H and O–H groups in total. The third-order valence-electron chi connectivity index (χ3n) is 10.4. The fourth-order valence-electron chi connectivity index (χ4n) is 8.30. The van der Waals surface area contributed by atoms with Crippen LogP contribution in [-0.4, -0.2) is 80.2 Å². The van der Waals surface area contributed by atoms with Crippen LogP contribution in [0.15, 0.2) is 85.3 Å². The van der Waals surface area contributed by atoms with E-state index in [1.807, 2.05) is 30.3 Å². The number of carbonyl (C=O) groups is 4. The smallest absolute Gasteiger partial charge is 0.358 e. The molecular weight excluding hydrogens is 644 g/mol. The lowest BCUT2D eigenvalue weighted by Gasteiger charge is -2.64. The van der Waals surface area contributed by atoms with Crippen molar-refractivity contribution in [2.24, 2.45) is 11.3 Å². The van der Waals surface area contributed by atoms with Crippen LogP contribution in [0.3, 0.4) is 0 Å². The highest BCUT2D eigenvalue weighted by Gasteiger charge is 2.85. The van der Waals surface area contributed by atoms with Crippen LogP contribution in [0.25, 0.3) is 6.08 Å². The molecule has 2 aromatic carbocycles. The molecule has 2 bridgehead atoms. The van der Waals surface area contributed by atoms with Gasteiger partial charge in [-0.25, -0.2) is 19.4 Å². The highest BCUT2D eigenvalue weighted by atomic mass is 16.6. The molecule has 0 radical (unpaired) electrons. The van der Waals surface area contributed by atoms with Gasteiger partial charge in [0, 0.05) is 25.4 Å². The predicted molar refractivity (Wildman–Crippen MR) is 177 cm³/mol. The number of ether oxygens (including phenoxy) is 5. The molecule has 2 heterocycles. The number of hydrogen-bond acceptors (Lipinski definition) is 12. The summed E-state index contributed by atoms with van der Waals surface area (Å²) in [6.07, 6.45) is 1.91. The van der Waals surface area contributed by atoms with E-state index >= 15 is 0 Å². The third kappa shape index (κ3) is 5.86. The van der Waals surface area contributed by atoms with Gasteiger partial charge in [-0.2, -0.15) is 0 Å². The molecule has 50 heavy (non-hydrogen) atoms. The molecule has 0 amide bonds. The van der Waals surface area contributed by atoms with Gasteiger partial charge in [0.15, 0.2) is 11.8 Å². The molecular formula is C38H40N2O10. The van der Waals surface area contributed by atoms with Crippen LogP contribution in [0, 0.1) is 11.3 Å². The molecule has 262 valence electrons. The number of fused-ring (bicyclic) bond motifs is 1. The summed E-state index contributed by atoms with van der Waals surface area (Å²) in [6.45, 7) is 7.91. The highest BCUT2D eigenvalue weighted by molar-refractivity contribution is 5.90. The summed E-state index contributed by atoms with van der Waals surface area (Å²) in [7, 11) is 0. The maximum Gasteiger partial charge on any atom is 0.358 e. The number of benzene rings is 2. The first-order chi connectivity index (χ1) is 23.7. The van der Waals surface area contributed by atoms with Crippen molar-refractivity contribution in [3.63, 3.8) is 0 Å². The Morgan fingerprint density at radius 2 is 1.52 bits per heavy atom. The molecule has 1 aliphatic heterocycles. The SMILES string of the molecule is CC(=O)O[C@H]1CC[C@](C)(O)[C@]23OC(C)(C)[C@H]([C@H](OC(=O)/C=C/c4ccccc4)[C@H](OC(=O)c4ccccc4)[C@]12C)[C@H]3OC(=O)c1cnccn1. The Kier molecular flexibility index (Phi) is 9.12. The molecule has 6 rings (SSSR count). The summed E-state index contributed by atoms with van der Waals surface area (Å²) in [6, 6.07) is 17.4. The van der Waals surface area contributed by atoms with Gasteiger partial charge in [-0.3, -0.25) is 9.78 Å². The second-order valence-electron chi connectivity index (χ2n) is 13.9. The van der Waals surface area contributed by atoms with Gasteiger partial charge in [0.25, 0.3) is 0 Å². The van der Waals surface area contributed by atoms with Crippen LogP contribution in [0.1, 0.15) is 73.9 Å². The van der Waals surface area contributed by atoms with Crippen molar-refractivity contribution >= 4 is 30.0 Å². The van der Waals surface area contributed by atoms with E-state index in [9.17, 15) is 24.3 Å². The van der Waals surface area contributed by atoms with Gasteiger partial charge < -0.3 is 28.8 Å². The fourth-order valence-corrected chi connectivity index (χ4v) is 8.30. The quantitative estimate of drug-likeness (QED) is 0.201. The topological polar surface area (TPSA) is 160 Å². The Hall–Kier alpha value is -4.94. The molecule has 0 unspecified atom stereocenters. The van der Waals surface area contributed by atoms with E-state index < -0.39 is 76.4 Å². The van der Waals surface area contributed by atoms with E-state index in [0.717, 1.165) is 5.56 Å². The summed E-state index contributed by atoms with van der Waals surface area (Å²) < 4.78 is 31.8. The Labute approximate surface area is 289 Å². The van der Waals surface area contributed by atoms with Crippen LogP contribution in [-0.2, 0) is 33.3 Å². The van der Waals surface area contributed by atoms with Crippen molar-refractivity contribution in [2.45, 2.75) is 88.7 Å². The minimum absolute atomic E-state index is 0.0617. The average Bonchev–Trinajstić information content (AvgIpc) is 3.30. The number of aromatic nitrogens is 2. The van der Waals surface area contributed by atoms with E-state index in [1.165, 1.54) is 31.6 Å². The molecule has 12 heteroatoms. The van der Waals surface area contributed by atoms with Crippen LogP contribution in [0.5, 0.6) is 0 Å². The van der Waals surface area contributed by atoms with Crippen LogP contribution in [0.2, 0.25) is 0 Å². The van der Waals surface area contributed by atoms with Gasteiger partial charge in [-0.1, -0.05) is 48.5 Å². The highest BCUT2D eigenvalue weighted by Crippen LogP contribution is 2.69. The van der Waals surface area contributed by atoms with Gasteiger partial charge in [0.1, 0.15) is 23.9 Å². The number of rotatable bonds is 8. The predicted octanol–water partition coefficient (Wildman–Crippen LogP) is 4.51. The standard InChI is InChI=1S/C38H40N2O10/c1-23(41)46-27-18-19-36(4,45)38-31(48-34(44)26-22-39-20-21-40-26)29(35(2,3)50-38)30(47-28(42)17-16-24-12-8-6-9-13-24)32(37(27,38)5)49-33(43)25-14-10-7-11-15-25/h6-17,20-22,27,29-32,45H,18-19H2,1-5H3/b17-16+/t27-,29+,30-,31+,32-,36-,37-,38-/m0/s1. The molecule has 12 nitrogen and oxygen atoms in total. The number of carbonyl (C=O) groups excluding carboxylic acids is 4. The fraction of sp³-hybridized carbons (Fsp3) is 0.421. The monoisotopic (exact) mass is 684 g/mol. The molecule has 1 spiro atoms. The zero-order valence-corrected chi connectivity index (χ0v) is 28.5. The van der Waals surface area contributed by atoms with Crippen molar-refractivity contribution in [1.29, 1.82) is 0 Å². The Morgan fingerprint density at radius 3 is 2.16 bits per heavy atom. The minimum Gasteiger partial charge on any atom is -0.462 e. The van der Waals surface area contributed by atoms with Crippen molar-refractivity contribution in [3.8, 4) is 0 Å². The second kappa shape index (κ2) is 13.1. The molecule has 1 aromatic heterocycles. The Bertz CT molecular complexity index is 1780. The number of hydrogen-bond donors (Lipinski definition) is 1. The molecule has 3 aromatic rings. The normalized spacial score (nSPS) is 32.4. The Balaban J connectivity index is 1.54. The lowest BCUT2D eigenvalue weighted by molar-refractivity contribution is -0.335. The van der Waals surface area contributed by atoms with E-state index in [-0.39, 0.29) is 24.1 Å². The zero-order chi connectivity index (χ0) is 35.9. The van der Waals surface area contributed by atoms with Crippen LogP contribution in [0.4, 0.5) is 0 Å². The molecule has 3 fully saturated rings. The van der Waals surface area contributed by atoms with Crippen molar-refractivity contribution in [3.05, 3.63) is 102 Å². The first kappa shape index (κ1) is 34.9. The van der Waals surface area contributed by atoms with E-state index in [1.54, 1.807) is 64.1 Å². The third-order valence-corrected chi connectivity index (χ3v) is 10.4. The zero-order valence-electron chi connectivity index (χ0n) is 28.5. The first-order valence-corrected chi connectivity index (χ1v) is 16.5. The summed E-state index contributed by atoms with van der Waals surface area (Å²) >= 11 is 0. The molecule has 1 saturated heterocycles. The van der Waals surface area contributed by atoms with Gasteiger partial charge in [-0.05, 0) is 64.3 Å². The average molecular weight is 685 g/mol. The Morgan fingerprint density at radius 1 is 0.860 bits per heavy atom. The minimum atomic E-state index is -1.87. The van der Waals surface area contributed by atoms with E-state index in [4.69, 9.17) is 23.7 Å². The summed E-state index contributed by atoms with van der Waals surface area (Å²) in [5.41, 5.74) is -5.72. The maximum absolute atomic E-state index is 13.9. The van der Waals surface area contributed by atoms with Gasteiger partial charge in [0.05, 0.1) is 34.3 Å². The summed E-state index contributed by atoms with van der Waals surface area (Å²) in [5.74, 6) is -4.03. The van der Waals surface area contributed by atoms with Crippen molar-refractivity contribution in [2.75, 3.05) is 0 Å². The second-order valence-corrected chi connectivity index (χ2v) is 13.9. The number of nitrogens with zero attached hydrogens (tertiary/aromatic N) is 2. The van der Waals surface area contributed by atoms with E-state index in [2.05, 4.69) is 9.97 Å². The molecule has 2 saturated carbocycles. The van der Waals surface area contributed by atoms with Crippen molar-refractivity contribution in [1.82, 2.24) is 9.97 Å². The molecule has 3 aliphatic rings. The van der Waals surface area contributed by atoms with Gasteiger partial charge in [0.2, 0.25) is 0 Å². The van der Waals surface area contributed by atoms with Gasteiger partial charge >= 0.3 is 23.9 Å². The number of aliphatic hydroxyl groups is 1. The summed E-state index contributed by atoms with van der Waals surface area (Å²) in [5, 5.41) is 12.5. The summed E-state index contributed by atoms with van der Waals surface area (Å²) in [4.78, 5) is 62.1. The van der Waals surface area contributed by atoms with E-state index in [0.29, 0.717) is 0 Å². The largest absolute Gasteiger partial charge is 0.462 e. The van der Waals surface area contributed by atoms with Crippen LogP contribution >= 0.6 is 0 Å². The first-order valence-electron chi connectivity index (χ1n) is 16.5. The van der Waals surface area contributed by atoms with Crippen LogP contribution < -0.4 is 0 Å². The maximum atomic E-state index is 13.9. The molecule has 8 atom stereocenters. The van der Waals surface area contributed by atoms with Crippen molar-refractivity contribution < 1.29 is 48.0 Å². The molecule has 2 aliphatic carbocycles. The lowest BCUT2D eigenvalue weighted by atomic mass is 9.47. The lowest BCUT2D eigenvalue weighted by Crippen LogP contribution is -2.81. The van der Waals surface area contributed by atoms with Gasteiger partial charge in [-0.15, -0.1) is 0 Å². The number of esters is 4.